The van der Waals surface area contributed by atoms with Crippen LogP contribution in [0.1, 0.15) is 59.3 Å². The van der Waals surface area contributed by atoms with E-state index in [1.807, 2.05) is 0 Å². The van der Waals surface area contributed by atoms with Crippen molar-refractivity contribution < 1.29 is 5.11 Å². The Balaban J connectivity index is 2.61. The molecule has 92 valence electrons. The van der Waals surface area contributed by atoms with Crippen LogP contribution >= 0.6 is 0 Å². The quantitative estimate of drug-likeness (QED) is 0.608. The molecule has 1 aliphatic carbocycles. The standard InChI is InChI=1S/C15H26O/c1-12-6-4-7-13(2)10-11-15(16)14(3)9-5-8-12/h7-8,14-16H,4-6,9-11H2,1-3H3/b12-8-,13-7-. The molecule has 0 saturated carbocycles. The van der Waals surface area contributed by atoms with Gasteiger partial charge in [-0.2, -0.15) is 0 Å². The Hall–Kier alpha value is -0.560. The Kier molecular flexibility index (Phi) is 5.83. The number of rotatable bonds is 0. The van der Waals surface area contributed by atoms with Crippen molar-refractivity contribution in [2.75, 3.05) is 0 Å². The fraction of sp³-hybridized carbons (Fsp3) is 0.733. The first kappa shape index (κ1) is 13.5. The highest BCUT2D eigenvalue weighted by molar-refractivity contribution is 5.04. The lowest BCUT2D eigenvalue weighted by molar-refractivity contribution is 0.104. The summed E-state index contributed by atoms with van der Waals surface area (Å²) in [5.74, 6) is 0.427. The van der Waals surface area contributed by atoms with Crippen LogP contribution in [0.3, 0.4) is 0 Å². The van der Waals surface area contributed by atoms with E-state index >= 15 is 0 Å². The van der Waals surface area contributed by atoms with Gasteiger partial charge in [0.25, 0.3) is 0 Å². The molecule has 1 rings (SSSR count). The number of hydrogen-bond acceptors (Lipinski definition) is 1. The zero-order chi connectivity index (χ0) is 12.0. The van der Waals surface area contributed by atoms with Crippen molar-refractivity contribution >= 4 is 0 Å². The van der Waals surface area contributed by atoms with E-state index in [4.69, 9.17) is 0 Å². The second-order valence-electron chi connectivity index (χ2n) is 5.30. The molecule has 1 nitrogen and oxygen atoms in total. The van der Waals surface area contributed by atoms with Crippen molar-refractivity contribution in [2.45, 2.75) is 65.4 Å². The van der Waals surface area contributed by atoms with E-state index in [-0.39, 0.29) is 6.10 Å². The summed E-state index contributed by atoms with van der Waals surface area (Å²) in [5.41, 5.74) is 2.92. The molecule has 2 atom stereocenters. The van der Waals surface area contributed by atoms with E-state index in [1.165, 1.54) is 17.6 Å². The first-order chi connectivity index (χ1) is 7.59. The van der Waals surface area contributed by atoms with Crippen LogP contribution in [0.4, 0.5) is 0 Å². The third-order valence-electron chi connectivity index (χ3n) is 3.64. The van der Waals surface area contributed by atoms with Crippen LogP contribution in [0.15, 0.2) is 23.3 Å². The van der Waals surface area contributed by atoms with Gasteiger partial charge >= 0.3 is 0 Å². The molecule has 0 radical (unpaired) electrons. The average Bonchev–Trinajstić information content (AvgIpc) is 2.24. The second kappa shape index (κ2) is 6.90. The third-order valence-corrected chi connectivity index (χ3v) is 3.64. The van der Waals surface area contributed by atoms with Crippen molar-refractivity contribution in [2.24, 2.45) is 5.92 Å². The van der Waals surface area contributed by atoms with Gasteiger partial charge in [-0.15, -0.1) is 0 Å². The Morgan fingerprint density at radius 1 is 1.00 bits per heavy atom. The first-order valence-corrected chi connectivity index (χ1v) is 6.59. The highest BCUT2D eigenvalue weighted by Crippen LogP contribution is 2.20. The van der Waals surface area contributed by atoms with Crippen molar-refractivity contribution in [3.8, 4) is 0 Å². The van der Waals surface area contributed by atoms with Crippen LogP contribution in [-0.2, 0) is 0 Å². The first-order valence-electron chi connectivity index (χ1n) is 6.59. The van der Waals surface area contributed by atoms with E-state index in [0.717, 1.165) is 32.1 Å². The van der Waals surface area contributed by atoms with E-state index < -0.39 is 0 Å². The van der Waals surface area contributed by atoms with Crippen LogP contribution in [0, 0.1) is 5.92 Å². The zero-order valence-electron chi connectivity index (χ0n) is 11.0. The summed E-state index contributed by atoms with van der Waals surface area (Å²) < 4.78 is 0. The lowest BCUT2D eigenvalue weighted by Gasteiger charge is -2.19. The molecule has 0 bridgehead atoms. The smallest absolute Gasteiger partial charge is 0.0568 e. The van der Waals surface area contributed by atoms with Crippen LogP contribution in [0.2, 0.25) is 0 Å². The Morgan fingerprint density at radius 2 is 1.62 bits per heavy atom. The van der Waals surface area contributed by atoms with Gasteiger partial charge in [-0.25, -0.2) is 0 Å². The lowest BCUT2D eigenvalue weighted by Crippen LogP contribution is -2.17. The van der Waals surface area contributed by atoms with Gasteiger partial charge in [0.2, 0.25) is 0 Å². The molecular weight excluding hydrogens is 196 g/mol. The minimum atomic E-state index is -0.128. The molecular formula is C15H26O. The predicted octanol–water partition coefficient (Wildman–Crippen LogP) is 4.23. The summed E-state index contributed by atoms with van der Waals surface area (Å²) in [6.45, 7) is 6.57. The minimum Gasteiger partial charge on any atom is -0.393 e. The fourth-order valence-corrected chi connectivity index (χ4v) is 2.20. The molecule has 0 spiro atoms. The molecule has 0 heterocycles. The lowest BCUT2D eigenvalue weighted by atomic mass is 9.92. The highest BCUT2D eigenvalue weighted by atomic mass is 16.3. The van der Waals surface area contributed by atoms with Crippen LogP contribution in [-0.4, -0.2) is 11.2 Å². The largest absolute Gasteiger partial charge is 0.393 e. The monoisotopic (exact) mass is 222 g/mol. The summed E-state index contributed by atoms with van der Waals surface area (Å²) in [4.78, 5) is 0. The summed E-state index contributed by atoms with van der Waals surface area (Å²) >= 11 is 0. The van der Waals surface area contributed by atoms with Gasteiger partial charge < -0.3 is 5.11 Å². The van der Waals surface area contributed by atoms with Gasteiger partial charge in [-0.05, 0) is 58.3 Å². The van der Waals surface area contributed by atoms with E-state index in [9.17, 15) is 5.11 Å². The molecule has 16 heavy (non-hydrogen) atoms. The van der Waals surface area contributed by atoms with Gasteiger partial charge in [-0.3, -0.25) is 0 Å². The van der Waals surface area contributed by atoms with Crippen LogP contribution in [0.5, 0.6) is 0 Å². The number of aliphatic hydroxyl groups excluding tert-OH is 1. The molecule has 0 aromatic rings. The average molecular weight is 222 g/mol. The molecule has 0 aromatic carbocycles. The normalized spacial score (nSPS) is 36.2. The van der Waals surface area contributed by atoms with Gasteiger partial charge in [-0.1, -0.05) is 30.2 Å². The highest BCUT2D eigenvalue weighted by Gasteiger charge is 2.13. The van der Waals surface area contributed by atoms with E-state index in [2.05, 4.69) is 32.9 Å². The van der Waals surface area contributed by atoms with Gasteiger partial charge in [0.1, 0.15) is 0 Å². The van der Waals surface area contributed by atoms with Gasteiger partial charge in [0.15, 0.2) is 0 Å². The molecule has 0 aromatic heterocycles. The van der Waals surface area contributed by atoms with E-state index in [0.29, 0.717) is 5.92 Å². The molecule has 0 aliphatic heterocycles. The SMILES string of the molecule is C/C1=C/CCC(C)C(O)CC/C(C)=C\CC1. The summed E-state index contributed by atoms with van der Waals surface area (Å²) in [6, 6.07) is 0. The molecule has 1 aliphatic rings. The minimum absolute atomic E-state index is 0.128. The maximum absolute atomic E-state index is 10.00. The molecule has 0 amide bonds. The number of hydrogen-bond donors (Lipinski definition) is 1. The summed E-state index contributed by atoms with van der Waals surface area (Å²) in [7, 11) is 0. The molecule has 0 saturated heterocycles. The maximum Gasteiger partial charge on any atom is 0.0568 e. The van der Waals surface area contributed by atoms with E-state index in [1.54, 1.807) is 0 Å². The number of allylic oxidation sites excluding steroid dienone is 4. The Bertz CT molecular complexity index is 263. The van der Waals surface area contributed by atoms with Crippen molar-refractivity contribution in [3.63, 3.8) is 0 Å². The van der Waals surface area contributed by atoms with Crippen LogP contribution < -0.4 is 0 Å². The topological polar surface area (TPSA) is 20.2 Å². The molecule has 1 N–H and O–H groups in total. The molecule has 0 fully saturated rings. The Morgan fingerprint density at radius 3 is 2.38 bits per heavy atom. The predicted molar refractivity (Wildman–Crippen MR) is 70.4 cm³/mol. The van der Waals surface area contributed by atoms with Gasteiger partial charge in [0, 0.05) is 0 Å². The van der Waals surface area contributed by atoms with Crippen molar-refractivity contribution in [1.82, 2.24) is 0 Å². The van der Waals surface area contributed by atoms with Crippen molar-refractivity contribution in [3.05, 3.63) is 23.3 Å². The number of aliphatic hydroxyl groups is 1. The maximum atomic E-state index is 10.00. The third kappa shape index (κ3) is 4.98. The summed E-state index contributed by atoms with van der Waals surface area (Å²) in [6.07, 6.45) is 11.1. The summed E-state index contributed by atoms with van der Waals surface area (Å²) in [5, 5.41) is 10.00. The molecule has 2 unspecified atom stereocenters. The van der Waals surface area contributed by atoms with Crippen LogP contribution in [0.25, 0.3) is 0 Å². The fourth-order valence-electron chi connectivity index (χ4n) is 2.20. The van der Waals surface area contributed by atoms with Crippen molar-refractivity contribution in [1.29, 1.82) is 0 Å². The Labute approximate surface area is 100 Å². The molecule has 1 heteroatoms. The zero-order valence-corrected chi connectivity index (χ0v) is 11.0. The van der Waals surface area contributed by atoms with Gasteiger partial charge in [0.05, 0.1) is 6.10 Å². The second-order valence-corrected chi connectivity index (χ2v) is 5.30.